The van der Waals surface area contributed by atoms with E-state index in [-0.39, 0.29) is 12.5 Å². The molecule has 0 radical (unpaired) electrons. The molecular formula is C24H23BrN4O3. The molecule has 0 spiro atoms. The van der Waals surface area contributed by atoms with Crippen molar-refractivity contribution in [1.29, 1.82) is 0 Å². The molecule has 1 aliphatic heterocycles. The molecule has 4 rings (SSSR count). The minimum absolute atomic E-state index is 0.217. The SMILES string of the molecule is CN(C)c1ccc(C2Nc3ccc(Br)cc3C(=O)N2NC(=O)COc2ccccc2)cc1. The highest BCUT2D eigenvalue weighted by atomic mass is 79.9. The average molecular weight is 495 g/mol. The molecule has 32 heavy (non-hydrogen) atoms. The highest BCUT2D eigenvalue weighted by molar-refractivity contribution is 9.10. The fourth-order valence-corrected chi connectivity index (χ4v) is 3.77. The zero-order valence-electron chi connectivity index (χ0n) is 17.7. The number of nitrogens with one attached hydrogen (secondary N) is 2. The van der Waals surface area contributed by atoms with Crippen molar-refractivity contribution in [2.24, 2.45) is 0 Å². The number of hydrazine groups is 1. The Morgan fingerprint density at radius 3 is 2.50 bits per heavy atom. The van der Waals surface area contributed by atoms with Gasteiger partial charge in [0.1, 0.15) is 11.9 Å². The maximum absolute atomic E-state index is 13.3. The number of ether oxygens (including phenoxy) is 1. The third-order valence-electron chi connectivity index (χ3n) is 5.06. The number of nitrogens with zero attached hydrogens (tertiary/aromatic N) is 2. The van der Waals surface area contributed by atoms with E-state index in [0.29, 0.717) is 17.0 Å². The lowest BCUT2D eigenvalue weighted by molar-refractivity contribution is -0.127. The van der Waals surface area contributed by atoms with E-state index in [1.165, 1.54) is 5.01 Å². The van der Waals surface area contributed by atoms with Gasteiger partial charge in [-0.2, -0.15) is 0 Å². The second kappa shape index (κ2) is 9.32. The molecule has 0 aliphatic carbocycles. The molecule has 2 amide bonds. The zero-order valence-corrected chi connectivity index (χ0v) is 19.3. The Kier molecular flexibility index (Phi) is 6.32. The van der Waals surface area contributed by atoms with Gasteiger partial charge in [-0.1, -0.05) is 46.3 Å². The Morgan fingerprint density at radius 1 is 1.09 bits per heavy atom. The predicted molar refractivity (Wildman–Crippen MR) is 128 cm³/mol. The van der Waals surface area contributed by atoms with E-state index in [1.54, 1.807) is 18.2 Å². The van der Waals surface area contributed by atoms with Crippen LogP contribution in [0, 0.1) is 0 Å². The first-order valence-corrected chi connectivity index (χ1v) is 10.9. The molecule has 3 aromatic carbocycles. The first-order chi connectivity index (χ1) is 15.4. The molecule has 1 unspecified atom stereocenters. The fraction of sp³-hybridized carbons (Fsp3) is 0.167. The Morgan fingerprint density at radius 2 is 1.81 bits per heavy atom. The molecule has 0 bridgehead atoms. The summed E-state index contributed by atoms with van der Waals surface area (Å²) in [5, 5.41) is 4.68. The van der Waals surface area contributed by atoms with Gasteiger partial charge >= 0.3 is 0 Å². The van der Waals surface area contributed by atoms with Gasteiger partial charge in [-0.3, -0.25) is 15.0 Å². The first-order valence-electron chi connectivity index (χ1n) is 10.1. The second-order valence-corrected chi connectivity index (χ2v) is 8.45. The summed E-state index contributed by atoms with van der Waals surface area (Å²) in [5.74, 6) is -0.164. The van der Waals surface area contributed by atoms with Crippen molar-refractivity contribution in [1.82, 2.24) is 10.4 Å². The minimum Gasteiger partial charge on any atom is -0.484 e. The van der Waals surface area contributed by atoms with Gasteiger partial charge in [0.25, 0.3) is 11.8 Å². The van der Waals surface area contributed by atoms with E-state index in [2.05, 4.69) is 26.7 Å². The molecule has 7 nitrogen and oxygen atoms in total. The molecule has 0 saturated carbocycles. The van der Waals surface area contributed by atoms with Crippen molar-refractivity contribution in [3.63, 3.8) is 0 Å². The minimum atomic E-state index is -0.576. The van der Waals surface area contributed by atoms with E-state index in [4.69, 9.17) is 4.74 Å². The summed E-state index contributed by atoms with van der Waals surface area (Å²) in [6.07, 6.45) is -0.576. The molecule has 0 aromatic heterocycles. The van der Waals surface area contributed by atoms with Crippen LogP contribution >= 0.6 is 15.9 Å². The van der Waals surface area contributed by atoms with Crippen LogP contribution < -0.4 is 20.4 Å². The van der Waals surface area contributed by atoms with Crippen molar-refractivity contribution >= 4 is 39.1 Å². The Bertz CT molecular complexity index is 1120. The van der Waals surface area contributed by atoms with Gasteiger partial charge < -0.3 is 15.0 Å². The molecule has 0 saturated heterocycles. The average Bonchev–Trinajstić information content (AvgIpc) is 2.80. The van der Waals surface area contributed by atoms with Crippen LogP contribution in [0.5, 0.6) is 5.75 Å². The van der Waals surface area contributed by atoms with E-state index in [1.807, 2.05) is 73.6 Å². The molecule has 1 aliphatic rings. The van der Waals surface area contributed by atoms with Crippen LogP contribution in [0.4, 0.5) is 11.4 Å². The van der Waals surface area contributed by atoms with Gasteiger partial charge in [0, 0.05) is 29.9 Å². The zero-order chi connectivity index (χ0) is 22.7. The number of halogens is 1. The first kappa shape index (κ1) is 21.7. The number of carbonyl (C=O) groups is 2. The number of benzene rings is 3. The molecular weight excluding hydrogens is 472 g/mol. The van der Waals surface area contributed by atoms with Crippen LogP contribution in [0.3, 0.4) is 0 Å². The summed E-state index contributed by atoms with van der Waals surface area (Å²) in [6.45, 7) is -0.217. The van der Waals surface area contributed by atoms with Crippen LogP contribution in [-0.4, -0.2) is 37.5 Å². The third kappa shape index (κ3) is 4.70. The van der Waals surface area contributed by atoms with Crippen LogP contribution in [0.25, 0.3) is 0 Å². The van der Waals surface area contributed by atoms with Crippen molar-refractivity contribution in [3.05, 3.63) is 88.4 Å². The lowest BCUT2D eigenvalue weighted by Crippen LogP contribution is -2.53. The number of hydrogen-bond acceptors (Lipinski definition) is 5. The largest absolute Gasteiger partial charge is 0.484 e. The number of rotatable bonds is 6. The van der Waals surface area contributed by atoms with E-state index >= 15 is 0 Å². The van der Waals surface area contributed by atoms with E-state index < -0.39 is 12.1 Å². The van der Waals surface area contributed by atoms with Gasteiger partial charge in [0.15, 0.2) is 6.61 Å². The maximum Gasteiger partial charge on any atom is 0.276 e. The molecule has 164 valence electrons. The molecule has 1 atom stereocenters. The summed E-state index contributed by atoms with van der Waals surface area (Å²) in [5.41, 5.74) is 5.75. The van der Waals surface area contributed by atoms with Crippen molar-refractivity contribution in [3.8, 4) is 5.75 Å². The monoisotopic (exact) mass is 494 g/mol. The summed E-state index contributed by atoms with van der Waals surface area (Å²) in [6, 6.07) is 22.3. The van der Waals surface area contributed by atoms with E-state index in [0.717, 1.165) is 15.7 Å². The topological polar surface area (TPSA) is 73.9 Å². The normalized spacial score (nSPS) is 14.9. The number of carbonyl (C=O) groups excluding carboxylic acids is 2. The van der Waals surface area contributed by atoms with Crippen LogP contribution in [0.15, 0.2) is 77.3 Å². The van der Waals surface area contributed by atoms with Gasteiger partial charge in [-0.05, 0) is 48.0 Å². The number of anilines is 2. The Balaban J connectivity index is 1.59. The number of para-hydroxylation sites is 1. The van der Waals surface area contributed by atoms with E-state index in [9.17, 15) is 9.59 Å². The number of hydrogen-bond donors (Lipinski definition) is 2. The van der Waals surface area contributed by atoms with Crippen LogP contribution in [0.1, 0.15) is 22.1 Å². The standard InChI is InChI=1S/C24H23BrN4O3/c1-28(2)18-11-8-16(9-12-18)23-26-21-13-10-17(25)14-20(21)24(31)29(23)27-22(30)15-32-19-6-4-3-5-7-19/h3-14,23,26H,15H2,1-2H3,(H,27,30). The van der Waals surface area contributed by atoms with Gasteiger partial charge in [0.2, 0.25) is 0 Å². The second-order valence-electron chi connectivity index (χ2n) is 7.53. The maximum atomic E-state index is 13.3. The summed E-state index contributed by atoms with van der Waals surface area (Å²) in [4.78, 5) is 28.0. The predicted octanol–water partition coefficient (Wildman–Crippen LogP) is 4.19. The Labute approximate surface area is 195 Å². The lowest BCUT2D eigenvalue weighted by atomic mass is 10.0. The Hall–Kier alpha value is -3.52. The molecule has 2 N–H and O–H groups in total. The number of amides is 2. The van der Waals surface area contributed by atoms with Crippen LogP contribution in [0.2, 0.25) is 0 Å². The van der Waals surface area contributed by atoms with Crippen molar-refractivity contribution in [2.75, 3.05) is 30.9 Å². The number of fused-ring (bicyclic) bond motifs is 1. The van der Waals surface area contributed by atoms with Gasteiger partial charge in [-0.15, -0.1) is 0 Å². The lowest BCUT2D eigenvalue weighted by Gasteiger charge is -2.38. The quantitative estimate of drug-likeness (QED) is 0.537. The van der Waals surface area contributed by atoms with Gasteiger partial charge in [-0.25, -0.2) is 5.01 Å². The van der Waals surface area contributed by atoms with Crippen molar-refractivity contribution in [2.45, 2.75) is 6.17 Å². The summed E-state index contributed by atoms with van der Waals surface area (Å²) in [7, 11) is 3.93. The summed E-state index contributed by atoms with van der Waals surface area (Å²) < 4.78 is 6.31. The van der Waals surface area contributed by atoms with Crippen LogP contribution in [-0.2, 0) is 4.79 Å². The highest BCUT2D eigenvalue weighted by Crippen LogP contribution is 2.34. The third-order valence-corrected chi connectivity index (χ3v) is 5.56. The molecule has 0 fully saturated rings. The highest BCUT2D eigenvalue weighted by Gasteiger charge is 2.34. The summed E-state index contributed by atoms with van der Waals surface area (Å²) >= 11 is 3.41. The molecule has 8 heteroatoms. The van der Waals surface area contributed by atoms with Crippen molar-refractivity contribution < 1.29 is 14.3 Å². The van der Waals surface area contributed by atoms with Gasteiger partial charge in [0.05, 0.1) is 5.56 Å². The molecule has 1 heterocycles. The molecule has 3 aromatic rings. The smallest absolute Gasteiger partial charge is 0.276 e. The fourth-order valence-electron chi connectivity index (χ4n) is 3.41.